The second-order valence-electron chi connectivity index (χ2n) is 7.69. The Hall–Kier alpha value is -2.89. The summed E-state index contributed by atoms with van der Waals surface area (Å²) in [5.74, 6) is -0.471. The standard InChI is InChI=1S/C21H23N3O3/c1-13(15-8-7-14-5-3-4-6-16(14)11-15)22-18(25)12-24-19(26)21(2,17-9-10-17)23-20(24)27/h3-8,11,13,17H,9-10,12H2,1-2H3,(H,22,25)(H,23,27)/t13-,21+/m0/s1. The molecule has 1 aliphatic carbocycles. The molecule has 4 amide bonds. The van der Waals surface area contributed by atoms with Gasteiger partial charge in [-0.05, 0) is 55.0 Å². The fourth-order valence-electron chi connectivity index (χ4n) is 3.79. The number of amides is 4. The van der Waals surface area contributed by atoms with Gasteiger partial charge >= 0.3 is 6.03 Å². The summed E-state index contributed by atoms with van der Waals surface area (Å²) in [5.41, 5.74) is 0.114. The quantitative estimate of drug-likeness (QED) is 0.800. The van der Waals surface area contributed by atoms with E-state index in [1.165, 1.54) is 0 Å². The van der Waals surface area contributed by atoms with E-state index in [0.29, 0.717) is 0 Å². The maximum absolute atomic E-state index is 12.6. The number of benzene rings is 2. The summed E-state index contributed by atoms with van der Waals surface area (Å²) in [4.78, 5) is 38.3. The third-order valence-corrected chi connectivity index (χ3v) is 5.65. The van der Waals surface area contributed by atoms with Crippen LogP contribution in [0.25, 0.3) is 10.8 Å². The third-order valence-electron chi connectivity index (χ3n) is 5.65. The van der Waals surface area contributed by atoms with Crippen LogP contribution >= 0.6 is 0 Å². The predicted octanol–water partition coefficient (Wildman–Crippen LogP) is 2.74. The van der Waals surface area contributed by atoms with Gasteiger partial charge in [-0.2, -0.15) is 0 Å². The van der Waals surface area contributed by atoms with Crippen molar-refractivity contribution in [2.24, 2.45) is 5.92 Å². The number of carbonyl (C=O) groups excluding carboxylic acids is 3. The SMILES string of the molecule is C[C@H](NC(=O)CN1C(=O)N[C@](C)(C2CC2)C1=O)c1ccc2ccccc2c1. The first kappa shape index (κ1) is 17.5. The van der Waals surface area contributed by atoms with Gasteiger partial charge in [0.05, 0.1) is 6.04 Å². The molecule has 6 heteroatoms. The molecule has 0 spiro atoms. The number of hydrogen-bond acceptors (Lipinski definition) is 3. The van der Waals surface area contributed by atoms with Crippen LogP contribution in [-0.4, -0.2) is 34.8 Å². The van der Waals surface area contributed by atoms with E-state index in [9.17, 15) is 14.4 Å². The van der Waals surface area contributed by atoms with Gasteiger partial charge < -0.3 is 10.6 Å². The number of imide groups is 1. The van der Waals surface area contributed by atoms with E-state index in [0.717, 1.165) is 34.1 Å². The summed E-state index contributed by atoms with van der Waals surface area (Å²) in [5, 5.41) is 7.89. The largest absolute Gasteiger partial charge is 0.348 e. The van der Waals surface area contributed by atoms with E-state index < -0.39 is 11.6 Å². The number of nitrogens with one attached hydrogen (secondary N) is 2. The van der Waals surface area contributed by atoms with Crippen molar-refractivity contribution in [1.29, 1.82) is 0 Å². The molecule has 27 heavy (non-hydrogen) atoms. The molecule has 6 nitrogen and oxygen atoms in total. The molecular formula is C21H23N3O3. The smallest absolute Gasteiger partial charge is 0.325 e. The molecule has 1 heterocycles. The lowest BCUT2D eigenvalue weighted by molar-refractivity contribution is -0.135. The lowest BCUT2D eigenvalue weighted by Crippen LogP contribution is -2.47. The molecule has 0 radical (unpaired) electrons. The van der Waals surface area contributed by atoms with Gasteiger partial charge in [0.1, 0.15) is 12.1 Å². The van der Waals surface area contributed by atoms with Crippen molar-refractivity contribution in [2.75, 3.05) is 6.54 Å². The van der Waals surface area contributed by atoms with Gasteiger partial charge in [-0.1, -0.05) is 36.4 Å². The maximum atomic E-state index is 12.6. The van der Waals surface area contributed by atoms with E-state index in [1.54, 1.807) is 6.92 Å². The van der Waals surface area contributed by atoms with E-state index in [4.69, 9.17) is 0 Å². The molecule has 2 N–H and O–H groups in total. The van der Waals surface area contributed by atoms with Crippen molar-refractivity contribution in [3.63, 3.8) is 0 Å². The monoisotopic (exact) mass is 365 g/mol. The highest BCUT2D eigenvalue weighted by Crippen LogP contribution is 2.42. The number of fused-ring (bicyclic) bond motifs is 1. The normalized spacial score (nSPS) is 23.4. The van der Waals surface area contributed by atoms with Crippen molar-refractivity contribution in [3.8, 4) is 0 Å². The number of urea groups is 1. The van der Waals surface area contributed by atoms with Crippen molar-refractivity contribution in [3.05, 3.63) is 48.0 Å². The summed E-state index contributed by atoms with van der Waals surface area (Å²) in [6.45, 7) is 3.38. The van der Waals surface area contributed by atoms with Gasteiger partial charge in [0, 0.05) is 0 Å². The predicted molar refractivity (Wildman–Crippen MR) is 102 cm³/mol. The van der Waals surface area contributed by atoms with Gasteiger partial charge in [-0.3, -0.25) is 14.5 Å². The average Bonchev–Trinajstić information content (AvgIpc) is 3.47. The van der Waals surface area contributed by atoms with Crippen molar-refractivity contribution < 1.29 is 14.4 Å². The third kappa shape index (κ3) is 3.16. The molecule has 4 rings (SSSR count). The van der Waals surface area contributed by atoms with Crippen LogP contribution in [0.2, 0.25) is 0 Å². The Bertz CT molecular complexity index is 937. The van der Waals surface area contributed by atoms with Gasteiger partial charge in [0.15, 0.2) is 0 Å². The highest BCUT2D eigenvalue weighted by atomic mass is 16.2. The molecule has 2 aromatic rings. The molecule has 1 saturated carbocycles. The van der Waals surface area contributed by atoms with E-state index in [-0.39, 0.29) is 30.3 Å². The number of rotatable bonds is 5. The first-order chi connectivity index (χ1) is 12.9. The molecule has 140 valence electrons. The average molecular weight is 365 g/mol. The molecule has 2 aromatic carbocycles. The minimum absolute atomic E-state index is 0.179. The Kier molecular flexibility index (Phi) is 4.13. The summed E-state index contributed by atoms with van der Waals surface area (Å²) >= 11 is 0. The van der Waals surface area contributed by atoms with Crippen molar-refractivity contribution in [2.45, 2.75) is 38.3 Å². The van der Waals surface area contributed by atoms with Gasteiger partial charge in [-0.15, -0.1) is 0 Å². The first-order valence-electron chi connectivity index (χ1n) is 9.30. The highest BCUT2D eigenvalue weighted by molar-refractivity contribution is 6.09. The Labute approximate surface area is 157 Å². The van der Waals surface area contributed by atoms with E-state index in [1.807, 2.05) is 49.4 Å². The van der Waals surface area contributed by atoms with Gasteiger partial charge in [0.25, 0.3) is 5.91 Å². The first-order valence-corrected chi connectivity index (χ1v) is 9.30. The van der Waals surface area contributed by atoms with E-state index in [2.05, 4.69) is 10.6 Å². The molecule has 0 bridgehead atoms. The summed E-state index contributed by atoms with van der Waals surface area (Å²) in [6, 6.07) is 13.4. The maximum Gasteiger partial charge on any atom is 0.325 e. The minimum atomic E-state index is -0.860. The Morgan fingerprint density at radius 2 is 1.93 bits per heavy atom. The fourth-order valence-corrected chi connectivity index (χ4v) is 3.79. The lowest BCUT2D eigenvalue weighted by Gasteiger charge is -2.21. The second kappa shape index (κ2) is 6.37. The van der Waals surface area contributed by atoms with Crippen LogP contribution in [0.1, 0.15) is 38.3 Å². The van der Waals surface area contributed by atoms with Crippen LogP contribution in [0.15, 0.2) is 42.5 Å². The van der Waals surface area contributed by atoms with Gasteiger partial charge in [-0.25, -0.2) is 4.79 Å². The minimum Gasteiger partial charge on any atom is -0.348 e. The van der Waals surface area contributed by atoms with Gasteiger partial charge in [0.2, 0.25) is 5.91 Å². The molecule has 2 aliphatic rings. The number of hydrogen-bond donors (Lipinski definition) is 2. The molecule has 2 atom stereocenters. The molecule has 0 aromatic heterocycles. The number of carbonyl (C=O) groups is 3. The molecule has 1 saturated heterocycles. The van der Waals surface area contributed by atoms with Crippen LogP contribution in [0.3, 0.4) is 0 Å². The highest BCUT2D eigenvalue weighted by Gasteiger charge is 2.56. The zero-order chi connectivity index (χ0) is 19.2. The van der Waals surface area contributed by atoms with E-state index >= 15 is 0 Å². The summed E-state index contributed by atoms with van der Waals surface area (Å²) in [6.07, 6.45) is 1.86. The second-order valence-corrected chi connectivity index (χ2v) is 7.69. The van der Waals surface area contributed by atoms with Crippen LogP contribution in [-0.2, 0) is 9.59 Å². The van der Waals surface area contributed by atoms with Crippen LogP contribution in [0.5, 0.6) is 0 Å². The Morgan fingerprint density at radius 1 is 1.22 bits per heavy atom. The summed E-state index contributed by atoms with van der Waals surface area (Å²) < 4.78 is 0. The van der Waals surface area contributed by atoms with Crippen LogP contribution < -0.4 is 10.6 Å². The van der Waals surface area contributed by atoms with Crippen LogP contribution in [0.4, 0.5) is 4.79 Å². The molecule has 0 unspecified atom stereocenters. The van der Waals surface area contributed by atoms with Crippen LogP contribution in [0, 0.1) is 5.92 Å². The molecule has 1 aliphatic heterocycles. The van der Waals surface area contributed by atoms with Crippen molar-refractivity contribution >= 4 is 28.6 Å². The van der Waals surface area contributed by atoms with Crippen molar-refractivity contribution in [1.82, 2.24) is 15.5 Å². The Balaban J connectivity index is 1.42. The fraction of sp³-hybridized carbons (Fsp3) is 0.381. The zero-order valence-corrected chi connectivity index (χ0v) is 15.5. The Morgan fingerprint density at radius 3 is 2.63 bits per heavy atom. The zero-order valence-electron chi connectivity index (χ0n) is 15.5. The number of nitrogens with zero attached hydrogens (tertiary/aromatic N) is 1. The molecule has 2 fully saturated rings. The molecular weight excluding hydrogens is 342 g/mol. The summed E-state index contributed by atoms with van der Waals surface area (Å²) in [7, 11) is 0. The topological polar surface area (TPSA) is 78.5 Å². The lowest BCUT2D eigenvalue weighted by atomic mass is 9.96.